The van der Waals surface area contributed by atoms with Gasteiger partial charge in [-0.2, -0.15) is 0 Å². The highest BCUT2D eigenvalue weighted by Gasteiger charge is 2.41. The molecule has 2 atom stereocenters. The molecule has 4 heterocycles. The van der Waals surface area contributed by atoms with Crippen molar-refractivity contribution in [2.24, 2.45) is 5.92 Å². The Bertz CT molecular complexity index is 626. The minimum Gasteiger partial charge on any atom is -0.332 e. The average Bonchev–Trinajstić information content (AvgIpc) is 3.05. The maximum absolute atomic E-state index is 4.80. The molecule has 3 aliphatic heterocycles. The fourth-order valence-electron chi connectivity index (χ4n) is 5.55. The Morgan fingerprint density at radius 1 is 1.00 bits per heavy atom. The highest BCUT2D eigenvalue weighted by atomic mass is 15.4. The molecule has 1 aromatic rings. The predicted octanol–water partition coefficient (Wildman–Crippen LogP) is 3.73. The predicted molar refractivity (Wildman–Crippen MR) is 131 cm³/mol. The van der Waals surface area contributed by atoms with Crippen molar-refractivity contribution < 1.29 is 0 Å². The second kappa shape index (κ2) is 11.6. The number of fused-ring (bicyclic) bond motifs is 2. The molecule has 0 saturated carbocycles. The van der Waals surface area contributed by atoms with E-state index in [1.54, 1.807) is 0 Å². The van der Waals surface area contributed by atoms with Crippen LogP contribution in [0.25, 0.3) is 0 Å². The topological polar surface area (TPSA) is 38.7 Å². The number of aromatic nitrogens is 2. The molecule has 176 valence electrons. The molecule has 0 aromatic carbocycles. The van der Waals surface area contributed by atoms with Gasteiger partial charge in [-0.3, -0.25) is 4.90 Å². The monoisotopic (exact) mass is 430 g/mol. The van der Waals surface area contributed by atoms with Crippen LogP contribution in [0.15, 0.2) is 12.4 Å². The molecule has 2 bridgehead atoms. The van der Waals surface area contributed by atoms with E-state index in [0.717, 1.165) is 31.5 Å². The molecule has 31 heavy (non-hydrogen) atoms. The van der Waals surface area contributed by atoms with Crippen LogP contribution >= 0.6 is 0 Å². The standard InChI is InChI=1S/C23H40N6.C2H6/c1-5-27-10-8-19(9-11-27)14-26(4)15-20-12-24-23(25-13-20)29-21-6-7-22(29)17-28(16-21)18(2)3;1-2/h12-13,18-19,21-22H,5-11,14-17H2,1-4H3;1-2H3. The quantitative estimate of drug-likeness (QED) is 0.656. The highest BCUT2D eigenvalue weighted by Crippen LogP contribution is 2.33. The highest BCUT2D eigenvalue weighted by molar-refractivity contribution is 5.37. The second-order valence-electron chi connectivity index (χ2n) is 9.81. The number of piperidine rings is 1. The van der Waals surface area contributed by atoms with Gasteiger partial charge in [-0.1, -0.05) is 20.8 Å². The van der Waals surface area contributed by atoms with Gasteiger partial charge in [0.15, 0.2) is 0 Å². The van der Waals surface area contributed by atoms with E-state index in [9.17, 15) is 0 Å². The third-order valence-corrected chi connectivity index (χ3v) is 7.34. The number of anilines is 1. The smallest absolute Gasteiger partial charge is 0.225 e. The Morgan fingerprint density at radius 3 is 2.10 bits per heavy atom. The Balaban J connectivity index is 0.00000132. The summed E-state index contributed by atoms with van der Waals surface area (Å²) in [6.45, 7) is 19.0. The lowest BCUT2D eigenvalue weighted by molar-refractivity contribution is 0.157. The van der Waals surface area contributed by atoms with Gasteiger partial charge in [-0.25, -0.2) is 9.97 Å². The molecule has 0 N–H and O–H groups in total. The summed E-state index contributed by atoms with van der Waals surface area (Å²) in [5.41, 5.74) is 1.23. The zero-order valence-electron chi connectivity index (χ0n) is 20.9. The van der Waals surface area contributed by atoms with Gasteiger partial charge >= 0.3 is 0 Å². The van der Waals surface area contributed by atoms with Crippen molar-refractivity contribution in [1.29, 1.82) is 0 Å². The zero-order valence-corrected chi connectivity index (χ0v) is 20.9. The van der Waals surface area contributed by atoms with Crippen molar-refractivity contribution >= 4 is 5.95 Å². The van der Waals surface area contributed by atoms with Gasteiger partial charge < -0.3 is 14.7 Å². The number of piperazine rings is 1. The van der Waals surface area contributed by atoms with Gasteiger partial charge in [0.1, 0.15) is 0 Å². The summed E-state index contributed by atoms with van der Waals surface area (Å²) < 4.78 is 0. The summed E-state index contributed by atoms with van der Waals surface area (Å²) in [5, 5.41) is 0. The first-order chi connectivity index (χ1) is 15.0. The van der Waals surface area contributed by atoms with Crippen molar-refractivity contribution in [3.63, 3.8) is 0 Å². The molecule has 3 saturated heterocycles. The summed E-state index contributed by atoms with van der Waals surface area (Å²) in [4.78, 5) is 19.7. The van der Waals surface area contributed by atoms with Crippen LogP contribution in [-0.4, -0.2) is 89.1 Å². The third kappa shape index (κ3) is 6.17. The van der Waals surface area contributed by atoms with E-state index in [2.05, 4.69) is 59.8 Å². The van der Waals surface area contributed by atoms with Crippen LogP contribution in [0, 0.1) is 5.92 Å². The zero-order chi connectivity index (χ0) is 22.4. The maximum Gasteiger partial charge on any atom is 0.225 e. The second-order valence-corrected chi connectivity index (χ2v) is 9.81. The molecule has 0 amide bonds. The molecule has 1 aromatic heterocycles. The molecule has 0 radical (unpaired) electrons. The van der Waals surface area contributed by atoms with Crippen LogP contribution in [0.2, 0.25) is 0 Å². The molecule has 2 unspecified atom stereocenters. The van der Waals surface area contributed by atoms with Crippen LogP contribution in [0.3, 0.4) is 0 Å². The Kier molecular flexibility index (Phi) is 9.11. The largest absolute Gasteiger partial charge is 0.332 e. The van der Waals surface area contributed by atoms with Crippen molar-refractivity contribution in [1.82, 2.24) is 24.7 Å². The first-order valence-electron chi connectivity index (χ1n) is 12.8. The lowest BCUT2D eigenvalue weighted by atomic mass is 9.96. The van der Waals surface area contributed by atoms with Crippen molar-refractivity contribution in [2.75, 3.05) is 51.2 Å². The summed E-state index contributed by atoms with van der Waals surface area (Å²) in [5.74, 6) is 1.77. The summed E-state index contributed by atoms with van der Waals surface area (Å²) in [7, 11) is 2.24. The fourth-order valence-corrected chi connectivity index (χ4v) is 5.55. The minimum atomic E-state index is 0.582. The number of rotatable bonds is 7. The normalized spacial score (nSPS) is 25.2. The Hall–Kier alpha value is -1.24. The van der Waals surface area contributed by atoms with Gasteiger partial charge in [0.2, 0.25) is 5.95 Å². The van der Waals surface area contributed by atoms with Crippen molar-refractivity contribution in [3.8, 4) is 0 Å². The van der Waals surface area contributed by atoms with E-state index in [1.165, 1.54) is 57.4 Å². The third-order valence-electron chi connectivity index (χ3n) is 7.34. The lowest BCUT2D eigenvalue weighted by Gasteiger charge is -2.42. The van der Waals surface area contributed by atoms with Crippen LogP contribution in [0.5, 0.6) is 0 Å². The first kappa shape index (κ1) is 24.4. The first-order valence-corrected chi connectivity index (χ1v) is 12.8. The summed E-state index contributed by atoms with van der Waals surface area (Å²) >= 11 is 0. The molecule has 6 nitrogen and oxygen atoms in total. The van der Waals surface area contributed by atoms with Crippen LogP contribution in [0.1, 0.15) is 65.9 Å². The Labute approximate surface area is 191 Å². The van der Waals surface area contributed by atoms with Gasteiger partial charge in [0.05, 0.1) is 0 Å². The molecule has 0 spiro atoms. The van der Waals surface area contributed by atoms with E-state index in [0.29, 0.717) is 18.1 Å². The number of hydrogen-bond donors (Lipinski definition) is 0. The molecule has 3 fully saturated rings. The molecule has 4 rings (SSSR count). The number of hydrogen-bond acceptors (Lipinski definition) is 6. The average molecular weight is 431 g/mol. The summed E-state index contributed by atoms with van der Waals surface area (Å²) in [6.07, 6.45) is 9.34. The maximum atomic E-state index is 4.80. The van der Waals surface area contributed by atoms with Crippen molar-refractivity contribution in [3.05, 3.63) is 18.0 Å². The van der Waals surface area contributed by atoms with Crippen LogP contribution < -0.4 is 4.90 Å². The van der Waals surface area contributed by atoms with Crippen LogP contribution in [-0.2, 0) is 6.54 Å². The lowest BCUT2D eigenvalue weighted by Crippen LogP contribution is -2.56. The molecule has 0 aliphatic carbocycles. The van der Waals surface area contributed by atoms with E-state index < -0.39 is 0 Å². The molecular formula is C25H46N6. The van der Waals surface area contributed by atoms with Gasteiger partial charge in [-0.05, 0) is 72.1 Å². The van der Waals surface area contributed by atoms with Crippen molar-refractivity contribution in [2.45, 2.75) is 85.0 Å². The number of likely N-dealkylation sites (tertiary alicyclic amines) is 2. The summed E-state index contributed by atoms with van der Waals surface area (Å²) in [6, 6.07) is 1.80. The van der Waals surface area contributed by atoms with E-state index in [4.69, 9.17) is 9.97 Å². The molecule has 6 heteroatoms. The molecular weight excluding hydrogens is 384 g/mol. The Morgan fingerprint density at radius 2 is 1.58 bits per heavy atom. The molecule has 3 aliphatic rings. The number of nitrogens with zero attached hydrogens (tertiary/aromatic N) is 6. The van der Waals surface area contributed by atoms with E-state index >= 15 is 0 Å². The van der Waals surface area contributed by atoms with Gasteiger partial charge in [0.25, 0.3) is 0 Å². The van der Waals surface area contributed by atoms with Crippen LogP contribution in [0.4, 0.5) is 5.95 Å². The van der Waals surface area contributed by atoms with E-state index in [-0.39, 0.29) is 0 Å². The van der Waals surface area contributed by atoms with E-state index in [1.807, 2.05) is 13.8 Å². The van der Waals surface area contributed by atoms with Gasteiger partial charge in [0, 0.05) is 62.3 Å². The fraction of sp³-hybridized carbons (Fsp3) is 0.840. The minimum absolute atomic E-state index is 0.582. The SMILES string of the molecule is CC.CCN1CCC(CN(C)Cc2cnc(N3C4CCC3CN(C(C)C)C4)nc2)CC1. The van der Waals surface area contributed by atoms with Gasteiger partial charge in [-0.15, -0.1) is 0 Å².